The number of hydrogen-bond donors (Lipinski definition) is 0. The minimum Gasteiger partial charge on any atom is -0.267 e. The molecule has 0 spiro atoms. The van der Waals surface area contributed by atoms with Crippen LogP contribution < -0.4 is 4.87 Å². The van der Waals surface area contributed by atoms with Gasteiger partial charge in [0.1, 0.15) is 16.5 Å². The summed E-state index contributed by atoms with van der Waals surface area (Å²) >= 11 is 0.780. The first kappa shape index (κ1) is 18.9. The first-order valence-corrected chi connectivity index (χ1v) is 10.3. The summed E-state index contributed by atoms with van der Waals surface area (Å²) in [5, 5.41) is 10.5. The van der Waals surface area contributed by atoms with E-state index in [2.05, 4.69) is 0 Å². The molecule has 2 aromatic carbocycles. The maximum absolute atomic E-state index is 14.6. The number of hydrogen-bond acceptors (Lipinski definition) is 5. The predicted octanol–water partition coefficient (Wildman–Crippen LogP) is 3.43. The lowest BCUT2D eigenvalue weighted by atomic mass is 10.1. The Morgan fingerprint density at radius 3 is 2.48 bits per heavy atom. The van der Waals surface area contributed by atoms with Crippen LogP contribution in [0.3, 0.4) is 0 Å². The summed E-state index contributed by atoms with van der Waals surface area (Å²) in [5.74, 6) is -2.09. The number of sulfone groups is 1. The van der Waals surface area contributed by atoms with Gasteiger partial charge in [-0.05, 0) is 36.8 Å². The SMILES string of the molecule is Cc1ccc(-n2c(-c3cc(F)c(S(C)(=O)=O)cc3F)csc2=O)cc1C#N. The van der Waals surface area contributed by atoms with Gasteiger partial charge in [0.25, 0.3) is 0 Å². The monoisotopic (exact) mass is 406 g/mol. The van der Waals surface area contributed by atoms with Gasteiger partial charge in [-0.3, -0.25) is 9.36 Å². The molecule has 0 N–H and O–H groups in total. The van der Waals surface area contributed by atoms with E-state index in [1.54, 1.807) is 19.1 Å². The fourth-order valence-corrected chi connectivity index (χ4v) is 4.10. The van der Waals surface area contributed by atoms with Crippen molar-refractivity contribution in [2.24, 2.45) is 0 Å². The van der Waals surface area contributed by atoms with E-state index in [9.17, 15) is 27.3 Å². The van der Waals surface area contributed by atoms with Gasteiger partial charge in [-0.15, -0.1) is 0 Å². The van der Waals surface area contributed by atoms with Crippen molar-refractivity contribution in [1.29, 1.82) is 5.26 Å². The van der Waals surface area contributed by atoms with Crippen LogP contribution in [0.2, 0.25) is 0 Å². The van der Waals surface area contributed by atoms with E-state index in [4.69, 9.17) is 0 Å². The predicted molar refractivity (Wildman–Crippen MR) is 97.8 cm³/mol. The zero-order valence-corrected chi connectivity index (χ0v) is 15.8. The maximum Gasteiger partial charge on any atom is 0.312 e. The highest BCUT2D eigenvalue weighted by Crippen LogP contribution is 2.30. The fourth-order valence-electron chi connectivity index (χ4n) is 2.62. The molecule has 0 amide bonds. The first-order valence-electron chi connectivity index (χ1n) is 7.54. The topological polar surface area (TPSA) is 79.9 Å². The summed E-state index contributed by atoms with van der Waals surface area (Å²) in [6, 6.07) is 8.07. The number of aryl methyl sites for hydroxylation is 1. The van der Waals surface area contributed by atoms with Gasteiger partial charge in [-0.2, -0.15) is 5.26 Å². The van der Waals surface area contributed by atoms with Gasteiger partial charge in [0.2, 0.25) is 0 Å². The summed E-state index contributed by atoms with van der Waals surface area (Å²) in [7, 11) is -3.94. The number of aromatic nitrogens is 1. The van der Waals surface area contributed by atoms with Crippen molar-refractivity contribution in [3.05, 3.63) is 68.1 Å². The summed E-state index contributed by atoms with van der Waals surface area (Å²) in [6.07, 6.45) is 0.779. The molecule has 0 bridgehead atoms. The van der Waals surface area contributed by atoms with Crippen molar-refractivity contribution >= 4 is 21.2 Å². The van der Waals surface area contributed by atoms with E-state index in [0.717, 1.165) is 28.2 Å². The van der Waals surface area contributed by atoms with Crippen molar-refractivity contribution in [3.63, 3.8) is 0 Å². The van der Waals surface area contributed by atoms with Gasteiger partial charge in [-0.25, -0.2) is 17.2 Å². The number of rotatable bonds is 3. The minimum atomic E-state index is -3.94. The molecular formula is C18H12F2N2O3S2. The highest BCUT2D eigenvalue weighted by atomic mass is 32.2. The van der Waals surface area contributed by atoms with Crippen LogP contribution in [0.5, 0.6) is 0 Å². The zero-order chi connectivity index (χ0) is 19.9. The highest BCUT2D eigenvalue weighted by molar-refractivity contribution is 7.90. The van der Waals surface area contributed by atoms with Gasteiger partial charge in [0, 0.05) is 17.2 Å². The van der Waals surface area contributed by atoms with E-state index >= 15 is 0 Å². The summed E-state index contributed by atoms with van der Waals surface area (Å²) in [4.78, 5) is 11.1. The molecule has 0 saturated heterocycles. The molecule has 0 fully saturated rings. The van der Waals surface area contributed by atoms with Crippen LogP contribution in [-0.4, -0.2) is 19.2 Å². The Morgan fingerprint density at radius 1 is 1.15 bits per heavy atom. The molecule has 9 heteroatoms. The molecule has 0 saturated carbocycles. The van der Waals surface area contributed by atoms with Crippen LogP contribution in [0.1, 0.15) is 11.1 Å². The van der Waals surface area contributed by atoms with Gasteiger partial charge in [-0.1, -0.05) is 17.4 Å². The van der Waals surface area contributed by atoms with Gasteiger partial charge in [0.05, 0.1) is 23.0 Å². The molecule has 0 radical (unpaired) electrons. The molecule has 138 valence electrons. The highest BCUT2D eigenvalue weighted by Gasteiger charge is 2.21. The van der Waals surface area contributed by atoms with Crippen molar-refractivity contribution < 1.29 is 17.2 Å². The lowest BCUT2D eigenvalue weighted by Gasteiger charge is -2.11. The Bertz CT molecular complexity index is 1270. The molecule has 27 heavy (non-hydrogen) atoms. The Balaban J connectivity index is 2.27. The van der Waals surface area contributed by atoms with Crippen molar-refractivity contribution in [1.82, 2.24) is 4.57 Å². The second-order valence-corrected chi connectivity index (χ2v) is 8.67. The standard InChI is InChI=1S/C18H12F2N2O3S2/c1-10-3-4-12(5-11(10)8-21)22-16(9-26-18(22)23)13-6-15(20)17(7-14(13)19)27(2,24)25/h3-7,9H,1-2H3. The van der Waals surface area contributed by atoms with Gasteiger partial charge < -0.3 is 0 Å². The van der Waals surface area contributed by atoms with E-state index in [-0.39, 0.29) is 11.3 Å². The van der Waals surface area contributed by atoms with Gasteiger partial charge in [0.15, 0.2) is 9.84 Å². The van der Waals surface area contributed by atoms with Crippen LogP contribution >= 0.6 is 11.3 Å². The summed E-state index contributed by atoms with van der Waals surface area (Å²) in [5.41, 5.74) is 1.19. The molecule has 0 aliphatic rings. The van der Waals surface area contributed by atoms with Crippen LogP contribution in [0.4, 0.5) is 8.78 Å². The number of halogens is 2. The Labute approximate surface area is 157 Å². The van der Waals surface area contributed by atoms with E-state index in [1.165, 1.54) is 11.4 Å². The van der Waals surface area contributed by atoms with Crippen LogP contribution in [-0.2, 0) is 9.84 Å². The molecule has 0 aliphatic carbocycles. The molecule has 5 nitrogen and oxygen atoms in total. The quantitative estimate of drug-likeness (QED) is 0.668. The fraction of sp³-hybridized carbons (Fsp3) is 0.111. The average Bonchev–Trinajstić information content (AvgIpc) is 2.97. The van der Waals surface area contributed by atoms with E-state index in [0.29, 0.717) is 22.9 Å². The first-order chi connectivity index (χ1) is 12.6. The van der Waals surface area contributed by atoms with Crippen LogP contribution in [0.15, 0.2) is 45.4 Å². The lowest BCUT2D eigenvalue weighted by Crippen LogP contribution is -2.13. The van der Waals surface area contributed by atoms with Crippen LogP contribution in [0.25, 0.3) is 16.9 Å². The summed E-state index contributed by atoms with van der Waals surface area (Å²) in [6.45, 7) is 1.73. The van der Waals surface area contributed by atoms with Gasteiger partial charge >= 0.3 is 4.87 Å². The van der Waals surface area contributed by atoms with Crippen molar-refractivity contribution in [3.8, 4) is 23.0 Å². The van der Waals surface area contributed by atoms with Crippen molar-refractivity contribution in [2.75, 3.05) is 6.26 Å². The number of nitrogens with zero attached hydrogens (tertiary/aromatic N) is 2. The maximum atomic E-state index is 14.6. The Kier molecular flexibility index (Phi) is 4.71. The summed E-state index contributed by atoms with van der Waals surface area (Å²) < 4.78 is 53.1. The molecule has 1 aromatic heterocycles. The minimum absolute atomic E-state index is 0.0641. The van der Waals surface area contributed by atoms with Crippen LogP contribution in [0, 0.1) is 29.9 Å². The number of nitriles is 1. The molecule has 3 aromatic rings. The zero-order valence-electron chi connectivity index (χ0n) is 14.2. The Hall–Kier alpha value is -2.83. The third-order valence-corrected chi connectivity index (χ3v) is 5.83. The number of thiazole rings is 1. The third kappa shape index (κ3) is 3.41. The molecule has 0 unspecified atom stereocenters. The molecule has 0 atom stereocenters. The lowest BCUT2D eigenvalue weighted by molar-refractivity contribution is 0.557. The second-order valence-electron chi connectivity index (χ2n) is 5.87. The third-order valence-electron chi connectivity index (χ3n) is 3.99. The normalized spacial score (nSPS) is 11.4. The van der Waals surface area contributed by atoms with E-state index < -0.39 is 31.2 Å². The van der Waals surface area contributed by atoms with E-state index in [1.807, 2.05) is 6.07 Å². The second kappa shape index (κ2) is 6.72. The largest absolute Gasteiger partial charge is 0.312 e. The smallest absolute Gasteiger partial charge is 0.267 e. The average molecular weight is 406 g/mol. The Morgan fingerprint density at radius 2 is 1.85 bits per heavy atom. The molecule has 1 heterocycles. The van der Waals surface area contributed by atoms with Crippen molar-refractivity contribution in [2.45, 2.75) is 11.8 Å². The molecule has 3 rings (SSSR count). The number of benzene rings is 2. The molecule has 0 aliphatic heterocycles. The molecular weight excluding hydrogens is 394 g/mol.